The molecule has 0 aliphatic carbocycles. The van der Waals surface area contributed by atoms with Crippen molar-refractivity contribution in [2.75, 3.05) is 7.11 Å². The van der Waals surface area contributed by atoms with Gasteiger partial charge in [-0.25, -0.2) is 0 Å². The van der Waals surface area contributed by atoms with Gasteiger partial charge >= 0.3 is 5.97 Å². The first kappa shape index (κ1) is 15.5. The van der Waals surface area contributed by atoms with Crippen LogP contribution in [0.2, 0.25) is 0 Å². The molecule has 0 aromatic heterocycles. The minimum Gasteiger partial charge on any atom is -0.468 e. The van der Waals surface area contributed by atoms with E-state index in [0.717, 1.165) is 16.7 Å². The molecule has 0 saturated carbocycles. The summed E-state index contributed by atoms with van der Waals surface area (Å²) < 4.78 is 4.97. The van der Waals surface area contributed by atoms with Crippen molar-refractivity contribution in [2.24, 2.45) is 17.0 Å². The molecule has 0 amide bonds. The van der Waals surface area contributed by atoms with E-state index in [1.54, 1.807) is 0 Å². The largest absolute Gasteiger partial charge is 0.468 e. The molecule has 0 bridgehead atoms. The summed E-state index contributed by atoms with van der Waals surface area (Å²) in [5.74, 6) is -0.569. The number of benzene rings is 1. The molecule has 0 fully saturated rings. The highest BCUT2D eigenvalue weighted by atomic mass is 16.6. The van der Waals surface area contributed by atoms with Gasteiger partial charge in [-0.05, 0) is 37.8 Å². The minimum absolute atomic E-state index is 0.182. The third-order valence-electron chi connectivity index (χ3n) is 3.94. The Bertz CT molecular complexity index is 567. The third-order valence-corrected chi connectivity index (χ3v) is 3.94. The second-order valence-electron chi connectivity index (χ2n) is 6.07. The second-order valence-corrected chi connectivity index (χ2v) is 6.07. The monoisotopic (exact) mass is 289 g/mol. The maximum absolute atomic E-state index is 12.2. The minimum atomic E-state index is -0.463. The quantitative estimate of drug-likeness (QED) is 0.803. The zero-order valence-electron chi connectivity index (χ0n) is 13.6. The van der Waals surface area contributed by atoms with E-state index >= 15 is 0 Å². The van der Waals surface area contributed by atoms with Gasteiger partial charge in [0.2, 0.25) is 0 Å². The number of hydrogen-bond acceptors (Lipinski definition) is 4. The summed E-state index contributed by atoms with van der Waals surface area (Å²) in [7, 11) is 1.41. The number of carbonyl (C=O) groups is 1. The van der Waals surface area contributed by atoms with E-state index in [1.165, 1.54) is 12.7 Å². The zero-order chi connectivity index (χ0) is 15.7. The Balaban J connectivity index is 2.50. The fourth-order valence-electron chi connectivity index (χ4n) is 3.06. The molecule has 0 N–H and O–H groups in total. The van der Waals surface area contributed by atoms with Crippen LogP contribution in [0, 0.1) is 32.6 Å². The maximum Gasteiger partial charge on any atom is 0.318 e. The number of methoxy groups -OCH3 is 1. The van der Waals surface area contributed by atoms with Crippen LogP contribution in [-0.2, 0) is 14.4 Å². The lowest BCUT2D eigenvalue weighted by atomic mass is 9.84. The Hall–Kier alpha value is -1.84. The van der Waals surface area contributed by atoms with E-state index in [9.17, 15) is 4.79 Å². The summed E-state index contributed by atoms with van der Waals surface area (Å²) in [6.45, 7) is 10.2. The molecule has 4 heteroatoms. The first-order valence-corrected chi connectivity index (χ1v) is 7.26. The Kier molecular flexibility index (Phi) is 4.35. The SMILES string of the molecule is COC(=O)[C@H]1C(c2c(C)cc(C)cc2C)=NO[C@@H]1C(C)C. The van der Waals surface area contributed by atoms with Gasteiger partial charge in [0.25, 0.3) is 0 Å². The number of nitrogens with zero attached hydrogens (tertiary/aromatic N) is 1. The highest BCUT2D eigenvalue weighted by molar-refractivity contribution is 6.14. The van der Waals surface area contributed by atoms with Crippen molar-refractivity contribution in [1.82, 2.24) is 0 Å². The Morgan fingerprint density at radius 1 is 1.24 bits per heavy atom. The molecule has 0 spiro atoms. The first-order valence-electron chi connectivity index (χ1n) is 7.26. The number of esters is 1. The van der Waals surface area contributed by atoms with Crippen LogP contribution in [0.4, 0.5) is 0 Å². The summed E-state index contributed by atoms with van der Waals surface area (Å²) in [4.78, 5) is 17.8. The number of ether oxygens (including phenoxy) is 1. The molecule has 114 valence electrons. The molecular weight excluding hydrogens is 266 g/mol. The van der Waals surface area contributed by atoms with Gasteiger partial charge in [-0.2, -0.15) is 0 Å². The molecule has 1 aromatic carbocycles. The van der Waals surface area contributed by atoms with E-state index in [4.69, 9.17) is 9.57 Å². The van der Waals surface area contributed by atoms with Crippen LogP contribution in [-0.4, -0.2) is 24.9 Å². The lowest BCUT2D eigenvalue weighted by Crippen LogP contribution is -2.36. The van der Waals surface area contributed by atoms with Crippen molar-refractivity contribution >= 4 is 11.7 Å². The van der Waals surface area contributed by atoms with E-state index in [1.807, 2.05) is 27.7 Å². The lowest BCUT2D eigenvalue weighted by Gasteiger charge is -2.21. The normalized spacial score (nSPS) is 21.2. The van der Waals surface area contributed by atoms with Gasteiger partial charge in [-0.15, -0.1) is 0 Å². The summed E-state index contributed by atoms with van der Waals surface area (Å²) in [6, 6.07) is 4.20. The topological polar surface area (TPSA) is 47.9 Å². The molecule has 0 radical (unpaired) electrons. The first-order chi connectivity index (χ1) is 9.86. The summed E-state index contributed by atoms with van der Waals surface area (Å²) >= 11 is 0. The van der Waals surface area contributed by atoms with Crippen LogP contribution in [0.3, 0.4) is 0 Å². The van der Waals surface area contributed by atoms with Crippen LogP contribution >= 0.6 is 0 Å². The lowest BCUT2D eigenvalue weighted by molar-refractivity contribution is -0.147. The summed E-state index contributed by atoms with van der Waals surface area (Å²) in [6.07, 6.45) is -0.271. The van der Waals surface area contributed by atoms with Crippen LogP contribution in [0.5, 0.6) is 0 Å². The molecule has 1 aromatic rings. The molecule has 0 unspecified atom stereocenters. The van der Waals surface area contributed by atoms with Crippen molar-refractivity contribution < 1.29 is 14.4 Å². The van der Waals surface area contributed by atoms with Gasteiger partial charge in [0.15, 0.2) is 0 Å². The molecule has 4 nitrogen and oxygen atoms in total. The van der Waals surface area contributed by atoms with Gasteiger partial charge in [0.05, 0.1) is 7.11 Å². The fraction of sp³-hybridized carbons (Fsp3) is 0.529. The highest BCUT2D eigenvalue weighted by Gasteiger charge is 2.43. The van der Waals surface area contributed by atoms with E-state index in [0.29, 0.717) is 5.71 Å². The van der Waals surface area contributed by atoms with Gasteiger partial charge < -0.3 is 9.57 Å². The highest BCUT2D eigenvalue weighted by Crippen LogP contribution is 2.32. The van der Waals surface area contributed by atoms with Gasteiger partial charge in [-0.1, -0.05) is 36.7 Å². The number of hydrogen-bond donors (Lipinski definition) is 0. The van der Waals surface area contributed by atoms with Gasteiger partial charge in [0.1, 0.15) is 17.7 Å². The van der Waals surface area contributed by atoms with Crippen LogP contribution in [0.1, 0.15) is 36.1 Å². The molecule has 1 aliphatic heterocycles. The van der Waals surface area contributed by atoms with E-state index in [-0.39, 0.29) is 18.0 Å². The van der Waals surface area contributed by atoms with Gasteiger partial charge in [-0.3, -0.25) is 4.79 Å². The number of carbonyl (C=O) groups excluding carboxylic acids is 1. The standard InChI is InChI=1S/C17H23NO3/c1-9(2)16-14(17(19)20-6)15(18-21-16)13-11(4)7-10(3)8-12(13)5/h7-9,14,16H,1-6H3/t14-,16+/m0/s1. The Morgan fingerprint density at radius 2 is 1.81 bits per heavy atom. The van der Waals surface area contributed by atoms with Crippen molar-refractivity contribution in [3.63, 3.8) is 0 Å². The average Bonchev–Trinajstić information content (AvgIpc) is 2.81. The summed E-state index contributed by atoms with van der Waals surface area (Å²) in [5, 5.41) is 4.23. The third kappa shape index (κ3) is 2.80. The van der Waals surface area contributed by atoms with Crippen LogP contribution in [0.15, 0.2) is 17.3 Å². The van der Waals surface area contributed by atoms with Crippen LogP contribution < -0.4 is 0 Å². The number of aryl methyl sites for hydroxylation is 3. The Morgan fingerprint density at radius 3 is 2.29 bits per heavy atom. The zero-order valence-corrected chi connectivity index (χ0v) is 13.6. The van der Waals surface area contributed by atoms with Crippen molar-refractivity contribution in [2.45, 2.75) is 40.7 Å². The molecule has 1 aliphatic rings. The molecular formula is C17H23NO3. The maximum atomic E-state index is 12.2. The second kappa shape index (κ2) is 5.88. The van der Waals surface area contributed by atoms with Gasteiger partial charge in [0, 0.05) is 5.56 Å². The average molecular weight is 289 g/mol. The molecule has 2 atom stereocenters. The predicted molar refractivity (Wildman–Crippen MR) is 82.4 cm³/mol. The van der Waals surface area contributed by atoms with Crippen molar-refractivity contribution in [1.29, 1.82) is 0 Å². The van der Waals surface area contributed by atoms with Crippen molar-refractivity contribution in [3.05, 3.63) is 34.4 Å². The fourth-order valence-corrected chi connectivity index (χ4v) is 3.06. The Labute approximate surface area is 126 Å². The van der Waals surface area contributed by atoms with Crippen LogP contribution in [0.25, 0.3) is 0 Å². The molecule has 1 heterocycles. The molecule has 0 saturated heterocycles. The number of rotatable bonds is 3. The number of oxime groups is 1. The summed E-state index contributed by atoms with van der Waals surface area (Å²) in [5.41, 5.74) is 5.10. The molecule has 2 rings (SSSR count). The van der Waals surface area contributed by atoms with E-state index in [2.05, 4.69) is 24.2 Å². The predicted octanol–water partition coefficient (Wildman–Crippen LogP) is 3.16. The molecule has 21 heavy (non-hydrogen) atoms. The van der Waals surface area contributed by atoms with Crippen molar-refractivity contribution in [3.8, 4) is 0 Å². The smallest absolute Gasteiger partial charge is 0.318 e. The van der Waals surface area contributed by atoms with E-state index < -0.39 is 5.92 Å².